The molecule has 116 valence electrons. The third kappa shape index (κ3) is 3.97. The summed E-state index contributed by atoms with van der Waals surface area (Å²) in [5.74, 6) is -1.02. The molecule has 6 heteroatoms. The SMILES string of the molecule is Cc1ccc(C(C(=O)O)N(C(=O)OC(C)(C)C)C2CC2)s1. The van der Waals surface area contributed by atoms with Crippen molar-refractivity contribution >= 4 is 23.4 Å². The Hall–Kier alpha value is -1.56. The van der Waals surface area contributed by atoms with Crippen LogP contribution in [0.5, 0.6) is 0 Å². The highest BCUT2D eigenvalue weighted by Crippen LogP contribution is 2.38. The van der Waals surface area contributed by atoms with Gasteiger partial charge in [0.1, 0.15) is 5.60 Å². The predicted molar refractivity (Wildman–Crippen MR) is 80.5 cm³/mol. The van der Waals surface area contributed by atoms with Crippen molar-refractivity contribution < 1.29 is 19.4 Å². The lowest BCUT2D eigenvalue weighted by atomic mass is 10.2. The molecule has 1 aromatic rings. The Morgan fingerprint density at radius 3 is 2.38 bits per heavy atom. The van der Waals surface area contributed by atoms with Crippen LogP contribution in [-0.2, 0) is 9.53 Å². The number of carboxylic acid groups (broad SMARTS) is 1. The minimum atomic E-state index is -1.02. The first kappa shape index (κ1) is 15.8. The number of aliphatic carboxylic acids is 1. The number of aryl methyl sites for hydroxylation is 1. The summed E-state index contributed by atoms with van der Waals surface area (Å²) < 4.78 is 5.39. The highest BCUT2D eigenvalue weighted by Gasteiger charge is 2.43. The van der Waals surface area contributed by atoms with Crippen molar-refractivity contribution in [2.24, 2.45) is 0 Å². The summed E-state index contributed by atoms with van der Waals surface area (Å²) in [6.45, 7) is 7.26. The van der Waals surface area contributed by atoms with Crippen LogP contribution in [0.2, 0.25) is 0 Å². The van der Waals surface area contributed by atoms with E-state index in [4.69, 9.17) is 4.74 Å². The third-order valence-electron chi connectivity index (χ3n) is 3.09. The number of carboxylic acids is 1. The van der Waals surface area contributed by atoms with E-state index in [1.54, 1.807) is 26.8 Å². The topological polar surface area (TPSA) is 66.8 Å². The van der Waals surface area contributed by atoms with E-state index >= 15 is 0 Å². The van der Waals surface area contributed by atoms with Gasteiger partial charge in [0.2, 0.25) is 0 Å². The van der Waals surface area contributed by atoms with Crippen LogP contribution in [-0.4, -0.2) is 33.7 Å². The van der Waals surface area contributed by atoms with E-state index in [2.05, 4.69) is 0 Å². The number of nitrogens with zero attached hydrogens (tertiary/aromatic N) is 1. The number of ether oxygens (including phenoxy) is 1. The number of hydrogen-bond donors (Lipinski definition) is 1. The highest BCUT2D eigenvalue weighted by atomic mass is 32.1. The van der Waals surface area contributed by atoms with Crippen LogP contribution < -0.4 is 0 Å². The highest BCUT2D eigenvalue weighted by molar-refractivity contribution is 7.12. The monoisotopic (exact) mass is 311 g/mol. The Morgan fingerprint density at radius 1 is 1.38 bits per heavy atom. The molecule has 21 heavy (non-hydrogen) atoms. The maximum Gasteiger partial charge on any atom is 0.411 e. The van der Waals surface area contributed by atoms with Gasteiger partial charge < -0.3 is 9.84 Å². The van der Waals surface area contributed by atoms with E-state index in [1.165, 1.54) is 16.2 Å². The molecule has 2 rings (SSSR count). The number of carbonyl (C=O) groups excluding carboxylic acids is 1. The van der Waals surface area contributed by atoms with Gasteiger partial charge in [0.05, 0.1) is 0 Å². The van der Waals surface area contributed by atoms with Crippen LogP contribution in [0, 0.1) is 6.92 Å². The zero-order valence-electron chi connectivity index (χ0n) is 12.8. The van der Waals surface area contributed by atoms with E-state index in [9.17, 15) is 14.7 Å². The van der Waals surface area contributed by atoms with Crippen molar-refractivity contribution in [2.45, 2.75) is 58.2 Å². The fourth-order valence-corrected chi connectivity index (χ4v) is 3.08. The molecule has 1 aliphatic carbocycles. The molecule has 1 saturated carbocycles. The van der Waals surface area contributed by atoms with Crippen LogP contribution in [0.15, 0.2) is 12.1 Å². The first-order valence-corrected chi connectivity index (χ1v) is 7.81. The fourth-order valence-electron chi connectivity index (χ4n) is 2.11. The van der Waals surface area contributed by atoms with Gasteiger partial charge in [-0.2, -0.15) is 0 Å². The van der Waals surface area contributed by atoms with Gasteiger partial charge in [0, 0.05) is 15.8 Å². The van der Waals surface area contributed by atoms with E-state index in [-0.39, 0.29) is 6.04 Å². The van der Waals surface area contributed by atoms with Crippen LogP contribution in [0.25, 0.3) is 0 Å². The van der Waals surface area contributed by atoms with Crippen molar-refractivity contribution in [2.75, 3.05) is 0 Å². The number of hydrogen-bond acceptors (Lipinski definition) is 4. The predicted octanol–water partition coefficient (Wildman–Crippen LogP) is 3.58. The molecular formula is C15H21NO4S. The first-order valence-electron chi connectivity index (χ1n) is 6.99. The van der Waals surface area contributed by atoms with Gasteiger partial charge in [-0.25, -0.2) is 9.59 Å². The Labute approximate surface area is 128 Å². The molecule has 0 bridgehead atoms. The third-order valence-corrected chi connectivity index (χ3v) is 4.14. The van der Waals surface area contributed by atoms with Gasteiger partial charge in [-0.15, -0.1) is 11.3 Å². The molecule has 0 saturated heterocycles. The summed E-state index contributed by atoms with van der Waals surface area (Å²) in [4.78, 5) is 27.2. The first-order chi connectivity index (χ1) is 9.69. The summed E-state index contributed by atoms with van der Waals surface area (Å²) in [5, 5.41) is 9.59. The lowest BCUT2D eigenvalue weighted by Crippen LogP contribution is -2.43. The summed E-state index contributed by atoms with van der Waals surface area (Å²) in [6.07, 6.45) is 1.10. The molecule has 0 aromatic carbocycles. The quantitative estimate of drug-likeness (QED) is 0.923. The molecule has 1 amide bonds. The zero-order chi connectivity index (χ0) is 15.8. The second-order valence-electron chi connectivity index (χ2n) is 6.31. The average Bonchev–Trinajstić information content (AvgIpc) is 3.05. The minimum absolute atomic E-state index is 0.0386. The maximum absolute atomic E-state index is 12.4. The Bertz CT molecular complexity index is 542. The number of amides is 1. The van der Waals surface area contributed by atoms with Crippen molar-refractivity contribution in [3.05, 3.63) is 21.9 Å². The van der Waals surface area contributed by atoms with E-state index in [0.717, 1.165) is 17.7 Å². The van der Waals surface area contributed by atoms with Gasteiger partial charge in [-0.3, -0.25) is 4.90 Å². The summed E-state index contributed by atoms with van der Waals surface area (Å²) >= 11 is 1.40. The maximum atomic E-state index is 12.4. The van der Waals surface area contributed by atoms with Gasteiger partial charge >= 0.3 is 12.1 Å². The zero-order valence-corrected chi connectivity index (χ0v) is 13.6. The molecule has 1 atom stereocenters. The fraction of sp³-hybridized carbons (Fsp3) is 0.600. The number of carbonyl (C=O) groups is 2. The smallest absolute Gasteiger partial charge is 0.411 e. The standard InChI is InChI=1S/C15H21NO4S/c1-9-5-8-11(21-9)12(13(17)18)16(10-6-7-10)14(19)20-15(2,3)4/h5,8,10,12H,6-7H2,1-4H3,(H,17,18). The molecule has 0 radical (unpaired) electrons. The molecule has 1 aromatic heterocycles. The Balaban J connectivity index is 2.30. The summed E-state index contributed by atoms with van der Waals surface area (Å²) in [5.41, 5.74) is -0.640. The minimum Gasteiger partial charge on any atom is -0.479 e. The molecule has 1 aliphatic rings. The normalized spacial score (nSPS) is 16.4. The molecule has 1 unspecified atom stereocenters. The molecule has 5 nitrogen and oxygen atoms in total. The molecule has 0 aliphatic heterocycles. The summed E-state index contributed by atoms with van der Waals surface area (Å²) in [7, 11) is 0. The van der Waals surface area contributed by atoms with Gasteiger partial charge in [-0.05, 0) is 52.7 Å². The van der Waals surface area contributed by atoms with Gasteiger partial charge in [0.25, 0.3) is 0 Å². The number of thiophene rings is 1. The van der Waals surface area contributed by atoms with Crippen LogP contribution >= 0.6 is 11.3 Å². The van der Waals surface area contributed by atoms with E-state index < -0.39 is 23.7 Å². The van der Waals surface area contributed by atoms with Crippen molar-refractivity contribution in [1.29, 1.82) is 0 Å². The van der Waals surface area contributed by atoms with E-state index in [0.29, 0.717) is 4.88 Å². The summed E-state index contributed by atoms with van der Waals surface area (Å²) in [6, 6.07) is 2.64. The van der Waals surface area contributed by atoms with Gasteiger partial charge in [0.15, 0.2) is 6.04 Å². The molecule has 1 N–H and O–H groups in total. The second kappa shape index (κ2) is 5.67. The Kier molecular flexibility index (Phi) is 4.27. The largest absolute Gasteiger partial charge is 0.479 e. The molecule has 1 heterocycles. The van der Waals surface area contributed by atoms with E-state index in [1.807, 2.05) is 13.0 Å². The van der Waals surface area contributed by atoms with Gasteiger partial charge in [-0.1, -0.05) is 0 Å². The molecule has 1 fully saturated rings. The molecule has 0 spiro atoms. The van der Waals surface area contributed by atoms with Crippen molar-refractivity contribution in [3.8, 4) is 0 Å². The van der Waals surface area contributed by atoms with Crippen molar-refractivity contribution in [3.63, 3.8) is 0 Å². The second-order valence-corrected chi connectivity index (χ2v) is 7.63. The Morgan fingerprint density at radius 2 is 2.00 bits per heavy atom. The lowest BCUT2D eigenvalue weighted by molar-refractivity contribution is -0.143. The van der Waals surface area contributed by atoms with Crippen LogP contribution in [0.4, 0.5) is 4.79 Å². The lowest BCUT2D eigenvalue weighted by Gasteiger charge is -2.31. The van der Waals surface area contributed by atoms with Crippen molar-refractivity contribution in [1.82, 2.24) is 4.90 Å². The van der Waals surface area contributed by atoms with Crippen LogP contribution in [0.3, 0.4) is 0 Å². The van der Waals surface area contributed by atoms with Crippen LogP contribution in [0.1, 0.15) is 49.4 Å². The average molecular weight is 311 g/mol. The molecular weight excluding hydrogens is 290 g/mol. The number of rotatable bonds is 4.